The SMILES string of the molecule is CCN(CC)C1CCN(C(=O)N(CC(=O)O)CC2CC2)C1. The van der Waals surface area contributed by atoms with Gasteiger partial charge >= 0.3 is 12.0 Å². The quantitative estimate of drug-likeness (QED) is 0.770. The molecule has 0 spiro atoms. The highest BCUT2D eigenvalue weighted by Gasteiger charge is 2.34. The van der Waals surface area contributed by atoms with E-state index in [9.17, 15) is 9.59 Å². The van der Waals surface area contributed by atoms with Crippen molar-refractivity contribution in [1.29, 1.82) is 0 Å². The maximum Gasteiger partial charge on any atom is 0.323 e. The zero-order chi connectivity index (χ0) is 15.4. The Kier molecular flexibility index (Phi) is 5.45. The molecule has 0 bridgehead atoms. The number of carboxylic acid groups (broad SMARTS) is 1. The highest BCUT2D eigenvalue weighted by atomic mass is 16.4. The lowest BCUT2D eigenvalue weighted by atomic mass is 10.2. The van der Waals surface area contributed by atoms with E-state index in [0.717, 1.165) is 45.4 Å². The second-order valence-corrected chi connectivity index (χ2v) is 6.11. The third-order valence-corrected chi connectivity index (χ3v) is 4.53. The van der Waals surface area contributed by atoms with E-state index in [2.05, 4.69) is 18.7 Å². The van der Waals surface area contributed by atoms with Crippen molar-refractivity contribution in [3.05, 3.63) is 0 Å². The van der Waals surface area contributed by atoms with Crippen molar-refractivity contribution in [2.24, 2.45) is 5.92 Å². The topological polar surface area (TPSA) is 64.1 Å². The van der Waals surface area contributed by atoms with Gasteiger partial charge in [0.2, 0.25) is 0 Å². The number of carbonyl (C=O) groups excluding carboxylic acids is 1. The summed E-state index contributed by atoms with van der Waals surface area (Å²) >= 11 is 0. The summed E-state index contributed by atoms with van der Waals surface area (Å²) in [6.07, 6.45) is 3.22. The normalized spacial score (nSPS) is 21.9. The number of hydrogen-bond donors (Lipinski definition) is 1. The van der Waals surface area contributed by atoms with E-state index in [0.29, 0.717) is 18.5 Å². The second-order valence-electron chi connectivity index (χ2n) is 6.11. The summed E-state index contributed by atoms with van der Waals surface area (Å²) in [4.78, 5) is 29.3. The van der Waals surface area contributed by atoms with E-state index < -0.39 is 5.97 Å². The van der Waals surface area contributed by atoms with Gasteiger partial charge in [-0.1, -0.05) is 13.8 Å². The Balaban J connectivity index is 1.92. The molecular formula is C15H27N3O3. The van der Waals surface area contributed by atoms with Crippen molar-refractivity contribution in [3.8, 4) is 0 Å². The summed E-state index contributed by atoms with van der Waals surface area (Å²) in [5.41, 5.74) is 0. The molecule has 2 amide bonds. The molecule has 6 nitrogen and oxygen atoms in total. The van der Waals surface area contributed by atoms with Crippen molar-refractivity contribution >= 4 is 12.0 Å². The van der Waals surface area contributed by atoms with E-state index >= 15 is 0 Å². The Labute approximate surface area is 126 Å². The van der Waals surface area contributed by atoms with Gasteiger partial charge in [-0.25, -0.2) is 4.79 Å². The summed E-state index contributed by atoms with van der Waals surface area (Å²) in [7, 11) is 0. The number of nitrogens with zero attached hydrogens (tertiary/aromatic N) is 3. The highest BCUT2D eigenvalue weighted by molar-refractivity contribution is 5.80. The lowest BCUT2D eigenvalue weighted by Crippen LogP contribution is -2.46. The summed E-state index contributed by atoms with van der Waals surface area (Å²) in [6, 6.07) is 0.315. The van der Waals surface area contributed by atoms with Gasteiger partial charge in [0, 0.05) is 25.7 Å². The fourth-order valence-electron chi connectivity index (χ4n) is 3.14. The molecule has 0 radical (unpaired) electrons. The maximum atomic E-state index is 12.6. The minimum Gasteiger partial charge on any atom is -0.480 e. The van der Waals surface area contributed by atoms with Gasteiger partial charge in [0.1, 0.15) is 6.54 Å². The molecule has 1 saturated heterocycles. The summed E-state index contributed by atoms with van der Waals surface area (Å²) in [6.45, 7) is 8.13. The smallest absolute Gasteiger partial charge is 0.323 e. The van der Waals surface area contributed by atoms with E-state index in [1.165, 1.54) is 4.90 Å². The van der Waals surface area contributed by atoms with E-state index in [1.807, 2.05) is 4.90 Å². The fraction of sp³-hybridized carbons (Fsp3) is 0.867. The van der Waals surface area contributed by atoms with Gasteiger partial charge in [0.25, 0.3) is 0 Å². The number of aliphatic carboxylic acids is 1. The van der Waals surface area contributed by atoms with Crippen LogP contribution in [-0.2, 0) is 4.79 Å². The van der Waals surface area contributed by atoms with Crippen LogP contribution in [-0.4, -0.2) is 77.1 Å². The first-order valence-electron chi connectivity index (χ1n) is 8.04. The van der Waals surface area contributed by atoms with Crippen LogP contribution in [0.1, 0.15) is 33.1 Å². The summed E-state index contributed by atoms with van der Waals surface area (Å²) < 4.78 is 0. The van der Waals surface area contributed by atoms with Gasteiger partial charge in [-0.3, -0.25) is 9.69 Å². The van der Waals surface area contributed by atoms with Gasteiger partial charge in [0.05, 0.1) is 0 Å². The molecule has 1 aliphatic carbocycles. The molecule has 0 aromatic rings. The molecule has 1 saturated carbocycles. The van der Waals surface area contributed by atoms with Crippen LogP contribution in [0.4, 0.5) is 4.79 Å². The molecule has 6 heteroatoms. The number of hydrogen-bond acceptors (Lipinski definition) is 3. The van der Waals surface area contributed by atoms with E-state index in [4.69, 9.17) is 5.11 Å². The van der Waals surface area contributed by atoms with Crippen molar-refractivity contribution < 1.29 is 14.7 Å². The fourth-order valence-corrected chi connectivity index (χ4v) is 3.14. The first-order valence-corrected chi connectivity index (χ1v) is 8.04. The van der Waals surface area contributed by atoms with Crippen LogP contribution in [0, 0.1) is 5.92 Å². The Hall–Kier alpha value is -1.30. The maximum absolute atomic E-state index is 12.6. The number of carbonyl (C=O) groups is 2. The molecule has 0 aromatic carbocycles. The minimum absolute atomic E-state index is 0.0982. The van der Waals surface area contributed by atoms with Crippen molar-refractivity contribution in [1.82, 2.24) is 14.7 Å². The number of rotatable bonds is 7. The van der Waals surface area contributed by atoms with Gasteiger partial charge < -0.3 is 14.9 Å². The monoisotopic (exact) mass is 297 g/mol. The first kappa shape index (κ1) is 16.1. The average Bonchev–Trinajstić information content (AvgIpc) is 3.13. The zero-order valence-corrected chi connectivity index (χ0v) is 13.1. The Morgan fingerprint density at radius 1 is 1.19 bits per heavy atom. The van der Waals surface area contributed by atoms with Gasteiger partial charge in [-0.05, 0) is 38.3 Å². The van der Waals surface area contributed by atoms with Crippen LogP contribution < -0.4 is 0 Å². The van der Waals surface area contributed by atoms with Crippen molar-refractivity contribution in [3.63, 3.8) is 0 Å². The first-order chi connectivity index (χ1) is 10.0. The molecule has 1 atom stereocenters. The molecule has 1 unspecified atom stereocenters. The van der Waals surface area contributed by atoms with Crippen LogP contribution >= 0.6 is 0 Å². The number of likely N-dealkylation sites (N-methyl/N-ethyl adjacent to an activating group) is 1. The third kappa shape index (κ3) is 4.33. The molecule has 2 aliphatic rings. The third-order valence-electron chi connectivity index (χ3n) is 4.53. The van der Waals surface area contributed by atoms with E-state index in [1.54, 1.807) is 0 Å². The molecule has 2 fully saturated rings. The molecular weight excluding hydrogens is 270 g/mol. The minimum atomic E-state index is -0.927. The standard InChI is InChI=1S/C15H27N3O3/c1-3-16(4-2)13-7-8-17(10-13)15(21)18(11-14(19)20)9-12-5-6-12/h12-13H,3-11H2,1-2H3,(H,19,20). The highest BCUT2D eigenvalue weighted by Crippen LogP contribution is 2.30. The van der Waals surface area contributed by atoms with Gasteiger partial charge in [-0.2, -0.15) is 0 Å². The van der Waals surface area contributed by atoms with Crippen LogP contribution in [0.5, 0.6) is 0 Å². The van der Waals surface area contributed by atoms with E-state index in [-0.39, 0.29) is 12.6 Å². The molecule has 1 N–H and O–H groups in total. The molecule has 1 aliphatic heterocycles. The molecule has 2 rings (SSSR count). The molecule has 1 heterocycles. The predicted molar refractivity (Wildman–Crippen MR) is 80.2 cm³/mol. The number of likely N-dealkylation sites (tertiary alicyclic amines) is 1. The van der Waals surface area contributed by atoms with Crippen LogP contribution in [0.25, 0.3) is 0 Å². The molecule has 0 aromatic heterocycles. The van der Waals surface area contributed by atoms with Crippen molar-refractivity contribution in [2.45, 2.75) is 39.2 Å². The van der Waals surface area contributed by atoms with Crippen LogP contribution in [0.15, 0.2) is 0 Å². The summed E-state index contributed by atoms with van der Waals surface area (Å²) in [5, 5.41) is 9.00. The van der Waals surface area contributed by atoms with Gasteiger partial charge in [-0.15, -0.1) is 0 Å². The number of amides is 2. The van der Waals surface area contributed by atoms with Gasteiger partial charge in [0.15, 0.2) is 0 Å². The van der Waals surface area contributed by atoms with Crippen LogP contribution in [0.2, 0.25) is 0 Å². The lowest BCUT2D eigenvalue weighted by Gasteiger charge is -2.29. The number of carboxylic acids is 1. The number of urea groups is 1. The zero-order valence-electron chi connectivity index (χ0n) is 13.1. The summed E-state index contributed by atoms with van der Waals surface area (Å²) in [5.74, 6) is -0.419. The second kappa shape index (κ2) is 7.11. The Morgan fingerprint density at radius 2 is 1.86 bits per heavy atom. The largest absolute Gasteiger partial charge is 0.480 e. The average molecular weight is 297 g/mol. The van der Waals surface area contributed by atoms with Crippen molar-refractivity contribution in [2.75, 3.05) is 39.3 Å². The molecule has 21 heavy (non-hydrogen) atoms. The predicted octanol–water partition coefficient (Wildman–Crippen LogP) is 1.32. The lowest BCUT2D eigenvalue weighted by molar-refractivity contribution is -0.137. The van der Waals surface area contributed by atoms with Crippen LogP contribution in [0.3, 0.4) is 0 Å². The Morgan fingerprint density at radius 3 is 2.38 bits per heavy atom. The molecule has 120 valence electrons. The Bertz CT molecular complexity index is 380.